The SMILES string of the molecule is CC.CNCCNC(=O)c1ccccn1. The number of hydrogen-bond donors (Lipinski definition) is 2. The molecular formula is C11H19N3O. The molecule has 2 N–H and O–H groups in total. The van der Waals surface area contributed by atoms with Crippen molar-refractivity contribution in [3.8, 4) is 0 Å². The van der Waals surface area contributed by atoms with Crippen molar-refractivity contribution in [1.82, 2.24) is 15.6 Å². The maximum Gasteiger partial charge on any atom is 0.269 e. The van der Waals surface area contributed by atoms with Crippen molar-refractivity contribution in [2.24, 2.45) is 0 Å². The normalized spacial score (nSPS) is 8.73. The second-order valence-electron chi connectivity index (χ2n) is 2.57. The van der Waals surface area contributed by atoms with Crippen LogP contribution >= 0.6 is 0 Å². The molecule has 0 atom stereocenters. The highest BCUT2D eigenvalue weighted by molar-refractivity contribution is 5.92. The zero-order chi connectivity index (χ0) is 11.5. The van der Waals surface area contributed by atoms with E-state index in [1.807, 2.05) is 20.9 Å². The fourth-order valence-corrected chi connectivity index (χ4v) is 0.889. The smallest absolute Gasteiger partial charge is 0.269 e. The third-order valence-electron chi connectivity index (χ3n) is 1.56. The van der Waals surface area contributed by atoms with E-state index in [9.17, 15) is 4.79 Å². The zero-order valence-electron chi connectivity index (χ0n) is 9.58. The van der Waals surface area contributed by atoms with Crippen LogP contribution in [0.4, 0.5) is 0 Å². The Labute approximate surface area is 91.1 Å². The van der Waals surface area contributed by atoms with Gasteiger partial charge in [-0.2, -0.15) is 0 Å². The van der Waals surface area contributed by atoms with E-state index in [0.717, 1.165) is 6.54 Å². The van der Waals surface area contributed by atoms with Crippen molar-refractivity contribution >= 4 is 5.91 Å². The van der Waals surface area contributed by atoms with Crippen LogP contribution in [0, 0.1) is 0 Å². The monoisotopic (exact) mass is 209 g/mol. The van der Waals surface area contributed by atoms with Crippen LogP contribution in [0.2, 0.25) is 0 Å². The van der Waals surface area contributed by atoms with Crippen molar-refractivity contribution in [3.63, 3.8) is 0 Å². The van der Waals surface area contributed by atoms with E-state index >= 15 is 0 Å². The first-order valence-electron chi connectivity index (χ1n) is 5.18. The van der Waals surface area contributed by atoms with Crippen molar-refractivity contribution < 1.29 is 4.79 Å². The summed E-state index contributed by atoms with van der Waals surface area (Å²) in [6.07, 6.45) is 1.60. The molecule has 4 nitrogen and oxygen atoms in total. The highest BCUT2D eigenvalue weighted by Gasteiger charge is 2.03. The molecule has 0 fully saturated rings. The highest BCUT2D eigenvalue weighted by atomic mass is 16.1. The number of amides is 1. The van der Waals surface area contributed by atoms with E-state index in [-0.39, 0.29) is 5.91 Å². The third kappa shape index (κ3) is 5.80. The van der Waals surface area contributed by atoms with Crippen LogP contribution in [-0.4, -0.2) is 31.0 Å². The first-order chi connectivity index (χ1) is 7.34. The van der Waals surface area contributed by atoms with Crippen molar-refractivity contribution in [3.05, 3.63) is 30.1 Å². The van der Waals surface area contributed by atoms with Gasteiger partial charge in [0.05, 0.1) is 0 Å². The van der Waals surface area contributed by atoms with Gasteiger partial charge in [0.25, 0.3) is 5.91 Å². The Hall–Kier alpha value is -1.42. The predicted octanol–water partition coefficient (Wildman–Crippen LogP) is 1.06. The fraction of sp³-hybridized carbons (Fsp3) is 0.455. The van der Waals surface area contributed by atoms with Crippen LogP contribution in [0.3, 0.4) is 0 Å². The molecule has 0 radical (unpaired) electrons. The lowest BCUT2D eigenvalue weighted by molar-refractivity contribution is 0.0949. The van der Waals surface area contributed by atoms with Gasteiger partial charge in [0.1, 0.15) is 5.69 Å². The number of hydrogen-bond acceptors (Lipinski definition) is 3. The maximum absolute atomic E-state index is 11.3. The third-order valence-corrected chi connectivity index (χ3v) is 1.56. The van der Waals surface area contributed by atoms with E-state index in [1.54, 1.807) is 24.4 Å². The van der Waals surface area contributed by atoms with Gasteiger partial charge in [-0.05, 0) is 19.2 Å². The minimum Gasteiger partial charge on any atom is -0.349 e. The standard InChI is InChI=1S/C9H13N3O.C2H6/c1-10-6-7-12-9(13)8-4-2-3-5-11-8;1-2/h2-5,10H,6-7H2,1H3,(H,12,13);1-2H3. The number of aromatic nitrogens is 1. The topological polar surface area (TPSA) is 54.0 Å². The van der Waals surface area contributed by atoms with E-state index in [4.69, 9.17) is 0 Å². The zero-order valence-corrected chi connectivity index (χ0v) is 9.58. The number of nitrogens with one attached hydrogen (secondary N) is 2. The summed E-state index contributed by atoms with van der Waals surface area (Å²) in [5.74, 6) is -0.129. The van der Waals surface area contributed by atoms with Gasteiger partial charge in [-0.3, -0.25) is 9.78 Å². The predicted molar refractivity (Wildman–Crippen MR) is 61.8 cm³/mol. The van der Waals surface area contributed by atoms with Crippen molar-refractivity contribution in [2.45, 2.75) is 13.8 Å². The Morgan fingerprint density at radius 3 is 2.60 bits per heavy atom. The molecule has 0 aliphatic rings. The van der Waals surface area contributed by atoms with Crippen LogP contribution in [0.25, 0.3) is 0 Å². The van der Waals surface area contributed by atoms with Crippen LogP contribution < -0.4 is 10.6 Å². The van der Waals surface area contributed by atoms with Gasteiger partial charge in [-0.15, -0.1) is 0 Å². The first kappa shape index (κ1) is 13.6. The molecule has 0 saturated carbocycles. The molecule has 0 spiro atoms. The lowest BCUT2D eigenvalue weighted by atomic mass is 10.3. The second-order valence-corrected chi connectivity index (χ2v) is 2.57. The number of carbonyl (C=O) groups is 1. The minimum atomic E-state index is -0.129. The van der Waals surface area contributed by atoms with Gasteiger partial charge in [0, 0.05) is 19.3 Å². The molecule has 0 saturated heterocycles. The summed E-state index contributed by atoms with van der Waals surface area (Å²) in [5, 5.41) is 5.68. The lowest BCUT2D eigenvalue weighted by Gasteiger charge is -2.02. The summed E-state index contributed by atoms with van der Waals surface area (Å²) < 4.78 is 0. The minimum absolute atomic E-state index is 0.129. The molecular weight excluding hydrogens is 190 g/mol. The average Bonchev–Trinajstić information content (AvgIpc) is 2.33. The van der Waals surface area contributed by atoms with Gasteiger partial charge in [0.15, 0.2) is 0 Å². The lowest BCUT2D eigenvalue weighted by Crippen LogP contribution is -2.30. The average molecular weight is 209 g/mol. The summed E-state index contributed by atoms with van der Waals surface area (Å²) in [4.78, 5) is 15.2. The summed E-state index contributed by atoms with van der Waals surface area (Å²) in [6.45, 7) is 5.38. The van der Waals surface area contributed by atoms with Crippen molar-refractivity contribution in [1.29, 1.82) is 0 Å². The van der Waals surface area contributed by atoms with Crippen LogP contribution in [0.15, 0.2) is 24.4 Å². The molecule has 0 aliphatic carbocycles. The Kier molecular flexibility index (Phi) is 8.28. The van der Waals surface area contributed by atoms with Gasteiger partial charge < -0.3 is 10.6 Å². The van der Waals surface area contributed by atoms with Crippen molar-refractivity contribution in [2.75, 3.05) is 20.1 Å². The fourth-order valence-electron chi connectivity index (χ4n) is 0.889. The molecule has 0 aliphatic heterocycles. The van der Waals surface area contributed by atoms with Gasteiger partial charge >= 0.3 is 0 Å². The number of likely N-dealkylation sites (N-methyl/N-ethyl adjacent to an activating group) is 1. The Morgan fingerprint density at radius 2 is 2.07 bits per heavy atom. The molecule has 0 unspecified atom stereocenters. The van der Waals surface area contributed by atoms with Gasteiger partial charge in [-0.25, -0.2) is 0 Å². The Balaban J connectivity index is 0.000000921. The summed E-state index contributed by atoms with van der Waals surface area (Å²) in [6, 6.07) is 5.26. The largest absolute Gasteiger partial charge is 0.349 e. The number of nitrogens with zero attached hydrogens (tertiary/aromatic N) is 1. The Morgan fingerprint density at radius 1 is 1.33 bits per heavy atom. The summed E-state index contributed by atoms with van der Waals surface area (Å²) in [7, 11) is 1.84. The highest BCUT2D eigenvalue weighted by Crippen LogP contribution is 1.91. The molecule has 84 valence electrons. The van der Waals surface area contributed by atoms with Gasteiger partial charge in [0.2, 0.25) is 0 Å². The molecule has 0 aromatic carbocycles. The summed E-state index contributed by atoms with van der Waals surface area (Å²) >= 11 is 0. The Bertz CT molecular complexity index is 262. The number of carbonyl (C=O) groups excluding carboxylic acids is 1. The maximum atomic E-state index is 11.3. The van der Waals surface area contributed by atoms with Crippen LogP contribution in [0.1, 0.15) is 24.3 Å². The number of pyridine rings is 1. The molecule has 15 heavy (non-hydrogen) atoms. The summed E-state index contributed by atoms with van der Waals surface area (Å²) in [5.41, 5.74) is 0.457. The molecule has 1 rings (SSSR count). The van der Waals surface area contributed by atoms with Gasteiger partial charge in [-0.1, -0.05) is 19.9 Å². The first-order valence-corrected chi connectivity index (χ1v) is 5.18. The van der Waals surface area contributed by atoms with Crippen LogP contribution in [-0.2, 0) is 0 Å². The number of rotatable bonds is 4. The van der Waals surface area contributed by atoms with E-state index in [2.05, 4.69) is 15.6 Å². The molecule has 1 heterocycles. The molecule has 1 aromatic heterocycles. The molecule has 1 aromatic rings. The molecule has 0 bridgehead atoms. The molecule has 4 heteroatoms. The van der Waals surface area contributed by atoms with Crippen LogP contribution in [0.5, 0.6) is 0 Å². The second kappa shape index (κ2) is 9.15. The molecule has 1 amide bonds. The van der Waals surface area contributed by atoms with E-state index in [0.29, 0.717) is 12.2 Å². The van der Waals surface area contributed by atoms with E-state index < -0.39 is 0 Å². The quantitative estimate of drug-likeness (QED) is 0.729. The van der Waals surface area contributed by atoms with E-state index in [1.165, 1.54) is 0 Å².